The van der Waals surface area contributed by atoms with Gasteiger partial charge in [-0.3, -0.25) is 9.36 Å². The molecule has 1 saturated heterocycles. The highest BCUT2D eigenvalue weighted by molar-refractivity contribution is 5.95. The molecule has 7 nitrogen and oxygen atoms in total. The van der Waals surface area contributed by atoms with E-state index in [-0.39, 0.29) is 18.0 Å². The molecule has 40 heavy (non-hydrogen) atoms. The van der Waals surface area contributed by atoms with Gasteiger partial charge in [0, 0.05) is 36.9 Å². The molecule has 1 aliphatic heterocycles. The first-order valence-corrected chi connectivity index (χ1v) is 13.0. The number of benzene rings is 3. The van der Waals surface area contributed by atoms with Gasteiger partial charge in [0.15, 0.2) is 11.6 Å². The van der Waals surface area contributed by atoms with E-state index in [0.29, 0.717) is 46.8 Å². The summed E-state index contributed by atoms with van der Waals surface area (Å²) in [5, 5.41) is 6.88. The molecular formula is C30H26F3N5O2. The highest BCUT2D eigenvalue weighted by atomic mass is 19.2. The van der Waals surface area contributed by atoms with Crippen LogP contribution in [-0.4, -0.2) is 27.7 Å². The van der Waals surface area contributed by atoms with Gasteiger partial charge in [0.25, 0.3) is 0 Å². The van der Waals surface area contributed by atoms with E-state index in [2.05, 4.69) is 10.5 Å². The largest absolute Gasteiger partial charge is 0.386 e. The van der Waals surface area contributed by atoms with Crippen LogP contribution in [0.4, 0.5) is 24.5 Å². The van der Waals surface area contributed by atoms with Gasteiger partial charge < -0.3 is 14.7 Å². The number of anilines is 2. The minimum Gasteiger partial charge on any atom is -0.386 e. The van der Waals surface area contributed by atoms with Crippen molar-refractivity contribution >= 4 is 28.3 Å². The number of carbonyl (C=O) groups excluding carboxylic acids is 1. The van der Waals surface area contributed by atoms with Gasteiger partial charge in [0.1, 0.15) is 17.4 Å². The van der Waals surface area contributed by atoms with E-state index in [9.17, 15) is 18.0 Å². The molecule has 1 aliphatic rings. The molecule has 6 rings (SSSR count). The maximum atomic E-state index is 15.0. The molecule has 0 saturated carbocycles. The normalized spacial score (nSPS) is 15.7. The van der Waals surface area contributed by atoms with Crippen molar-refractivity contribution in [1.82, 2.24) is 14.7 Å². The predicted octanol–water partition coefficient (Wildman–Crippen LogP) is 7.01. The maximum Gasteiger partial charge on any atom is 0.227 e. The van der Waals surface area contributed by atoms with Crippen molar-refractivity contribution in [2.24, 2.45) is 0 Å². The Kier molecular flexibility index (Phi) is 6.32. The molecule has 0 spiro atoms. The number of amides is 1. The summed E-state index contributed by atoms with van der Waals surface area (Å²) >= 11 is 0. The third-order valence-corrected chi connectivity index (χ3v) is 7.41. The van der Waals surface area contributed by atoms with Gasteiger partial charge >= 0.3 is 0 Å². The third-order valence-electron chi connectivity index (χ3n) is 7.41. The Morgan fingerprint density at radius 2 is 1.73 bits per heavy atom. The highest BCUT2D eigenvalue weighted by Gasteiger charge is 2.35. The Balaban J connectivity index is 1.58. The number of hydrogen-bond acceptors (Lipinski definition) is 5. The number of imidazole rings is 1. The minimum atomic E-state index is -1.04. The summed E-state index contributed by atoms with van der Waals surface area (Å²) < 4.78 is 50.2. The summed E-state index contributed by atoms with van der Waals surface area (Å²) in [6.07, 6.45) is 1.38. The first kappa shape index (κ1) is 25.7. The topological polar surface area (TPSA) is 76.2 Å². The quantitative estimate of drug-likeness (QED) is 0.257. The molecule has 204 valence electrons. The Bertz CT molecular complexity index is 1760. The molecule has 0 aliphatic carbocycles. The van der Waals surface area contributed by atoms with Crippen LogP contribution in [-0.2, 0) is 4.79 Å². The van der Waals surface area contributed by atoms with Crippen molar-refractivity contribution < 1.29 is 22.5 Å². The third kappa shape index (κ3) is 4.20. The molecule has 0 bridgehead atoms. The van der Waals surface area contributed by atoms with Gasteiger partial charge in [-0.05, 0) is 68.7 Å². The molecule has 0 radical (unpaired) electrons. The first-order chi connectivity index (χ1) is 19.3. The fourth-order valence-corrected chi connectivity index (χ4v) is 5.56. The van der Waals surface area contributed by atoms with Crippen molar-refractivity contribution in [3.8, 4) is 16.8 Å². The van der Waals surface area contributed by atoms with E-state index in [1.807, 2.05) is 36.6 Å². The van der Waals surface area contributed by atoms with Crippen LogP contribution in [0.5, 0.6) is 0 Å². The summed E-state index contributed by atoms with van der Waals surface area (Å²) in [5.41, 5.74) is 4.87. The zero-order valence-electron chi connectivity index (χ0n) is 22.1. The second-order valence-electron chi connectivity index (χ2n) is 9.89. The van der Waals surface area contributed by atoms with E-state index < -0.39 is 23.5 Å². The Labute approximate surface area is 228 Å². The number of nitrogens with zero attached hydrogens (tertiary/aromatic N) is 4. The van der Waals surface area contributed by atoms with Gasteiger partial charge in [0.05, 0.1) is 34.1 Å². The number of halogens is 3. The highest BCUT2D eigenvalue weighted by Crippen LogP contribution is 2.39. The average molecular weight is 546 g/mol. The monoisotopic (exact) mass is 545 g/mol. The molecule has 0 unspecified atom stereocenters. The molecule has 3 aromatic carbocycles. The van der Waals surface area contributed by atoms with Crippen LogP contribution in [0, 0.1) is 31.3 Å². The molecule has 3 heterocycles. The lowest BCUT2D eigenvalue weighted by Crippen LogP contribution is -2.39. The van der Waals surface area contributed by atoms with E-state index in [1.54, 1.807) is 19.2 Å². The van der Waals surface area contributed by atoms with Gasteiger partial charge in [-0.15, -0.1) is 0 Å². The number of aromatic nitrogens is 3. The fourth-order valence-electron chi connectivity index (χ4n) is 5.56. The molecular weight excluding hydrogens is 519 g/mol. The fraction of sp³-hybridized carbons (Fsp3) is 0.233. The Morgan fingerprint density at radius 3 is 2.42 bits per heavy atom. The number of piperidine rings is 1. The SMILES string of the molecule is CNc1ccc(-n2c([C@@H]3CCCC(=O)N3c3ccc(F)c(F)c3)nc3cc(-c4c(C)noc4C)ccc32)cc1F. The summed E-state index contributed by atoms with van der Waals surface area (Å²) in [5.74, 6) is -1.56. The molecule has 1 fully saturated rings. The lowest BCUT2D eigenvalue weighted by molar-refractivity contribution is -0.120. The lowest BCUT2D eigenvalue weighted by Gasteiger charge is -2.35. The smallest absolute Gasteiger partial charge is 0.227 e. The standard InChI is InChI=1S/C30H26F3N5O2/c1-16-29(17(2)40-36-16)18-7-12-26-25(13-18)35-30(38(26)20-9-11-24(34-3)23(33)15-20)27-5-4-6-28(39)37(27)19-8-10-21(31)22(32)14-19/h7-15,27,34H,4-6H2,1-3H3/t27-/m0/s1. The Morgan fingerprint density at radius 1 is 0.950 bits per heavy atom. The summed E-state index contributed by atoms with van der Waals surface area (Å²) in [7, 11) is 1.64. The summed E-state index contributed by atoms with van der Waals surface area (Å²) in [4.78, 5) is 19.7. The second-order valence-corrected chi connectivity index (χ2v) is 9.89. The molecule has 10 heteroatoms. The van der Waals surface area contributed by atoms with Crippen molar-refractivity contribution in [1.29, 1.82) is 0 Å². The molecule has 1 atom stereocenters. The zero-order valence-corrected chi connectivity index (χ0v) is 22.1. The first-order valence-electron chi connectivity index (χ1n) is 13.0. The zero-order chi connectivity index (χ0) is 28.1. The molecule has 1 N–H and O–H groups in total. The van der Waals surface area contributed by atoms with Crippen molar-refractivity contribution in [3.63, 3.8) is 0 Å². The van der Waals surface area contributed by atoms with Crippen LogP contribution in [0.2, 0.25) is 0 Å². The maximum absolute atomic E-state index is 15.0. The summed E-state index contributed by atoms with van der Waals surface area (Å²) in [6, 6.07) is 13.4. The minimum absolute atomic E-state index is 0.228. The van der Waals surface area contributed by atoms with Crippen molar-refractivity contribution in [2.75, 3.05) is 17.3 Å². The lowest BCUT2D eigenvalue weighted by atomic mass is 9.99. The van der Waals surface area contributed by atoms with Crippen molar-refractivity contribution in [2.45, 2.75) is 39.2 Å². The van der Waals surface area contributed by atoms with Gasteiger partial charge in [-0.2, -0.15) is 0 Å². The van der Waals surface area contributed by atoms with E-state index in [0.717, 1.165) is 29.0 Å². The van der Waals surface area contributed by atoms with Crippen LogP contribution in [0.3, 0.4) is 0 Å². The van der Waals surface area contributed by atoms with Crippen LogP contribution in [0.15, 0.2) is 59.1 Å². The van der Waals surface area contributed by atoms with Crippen LogP contribution in [0.25, 0.3) is 27.8 Å². The van der Waals surface area contributed by atoms with Gasteiger partial charge in [-0.25, -0.2) is 18.2 Å². The number of rotatable bonds is 5. The number of fused-ring (bicyclic) bond motifs is 1. The second kappa shape index (κ2) is 9.86. The van der Waals surface area contributed by atoms with Crippen LogP contribution in [0.1, 0.15) is 42.6 Å². The van der Waals surface area contributed by atoms with Crippen molar-refractivity contribution in [3.05, 3.63) is 89.3 Å². The molecule has 5 aromatic rings. The van der Waals surface area contributed by atoms with Crippen LogP contribution >= 0.6 is 0 Å². The molecule has 1 amide bonds. The number of aryl methyl sites for hydroxylation is 2. The summed E-state index contributed by atoms with van der Waals surface area (Å²) in [6.45, 7) is 3.70. The Hall–Kier alpha value is -4.60. The average Bonchev–Trinajstić information content (AvgIpc) is 3.48. The van der Waals surface area contributed by atoms with Gasteiger partial charge in [-0.1, -0.05) is 11.2 Å². The molecule has 2 aromatic heterocycles. The number of nitrogens with one attached hydrogen (secondary N) is 1. The van der Waals surface area contributed by atoms with E-state index in [1.165, 1.54) is 17.0 Å². The van der Waals surface area contributed by atoms with Gasteiger partial charge in [0.2, 0.25) is 5.91 Å². The van der Waals surface area contributed by atoms with E-state index in [4.69, 9.17) is 9.51 Å². The number of hydrogen-bond donors (Lipinski definition) is 1. The van der Waals surface area contributed by atoms with Crippen LogP contribution < -0.4 is 10.2 Å². The van der Waals surface area contributed by atoms with E-state index >= 15 is 0 Å². The number of carbonyl (C=O) groups is 1. The predicted molar refractivity (Wildman–Crippen MR) is 146 cm³/mol.